The summed E-state index contributed by atoms with van der Waals surface area (Å²) in [6.07, 6.45) is 0.584. The summed E-state index contributed by atoms with van der Waals surface area (Å²) in [5.41, 5.74) is 5.17. The number of hydrogen-bond acceptors (Lipinski definition) is 5. The molecule has 1 atom stereocenters. The summed E-state index contributed by atoms with van der Waals surface area (Å²) < 4.78 is 11.2. The normalized spacial score (nSPS) is 34.5. The van der Waals surface area contributed by atoms with Gasteiger partial charge in [-0.25, -0.2) is 4.79 Å². The SMILES string of the molecule is CC(C)(C)OC(=O)N1CCOC(C2(CN)CC(O)C2)C1. The zero-order valence-electron chi connectivity index (χ0n) is 12.6. The molecule has 1 saturated heterocycles. The van der Waals surface area contributed by atoms with E-state index in [1.807, 2.05) is 20.8 Å². The van der Waals surface area contributed by atoms with Gasteiger partial charge in [0.15, 0.2) is 0 Å². The van der Waals surface area contributed by atoms with Crippen LogP contribution in [0.4, 0.5) is 4.79 Å². The number of carbonyl (C=O) groups is 1. The highest BCUT2D eigenvalue weighted by molar-refractivity contribution is 5.68. The number of ether oxygens (including phenoxy) is 2. The van der Waals surface area contributed by atoms with Crippen molar-refractivity contribution in [1.82, 2.24) is 4.90 Å². The predicted molar refractivity (Wildman–Crippen MR) is 74.3 cm³/mol. The second-order valence-electron chi connectivity index (χ2n) is 6.91. The summed E-state index contributed by atoms with van der Waals surface area (Å²) in [5, 5.41) is 9.56. The molecule has 2 aliphatic rings. The number of rotatable bonds is 2. The van der Waals surface area contributed by atoms with Gasteiger partial charge in [0.1, 0.15) is 5.60 Å². The highest BCUT2D eigenvalue weighted by Crippen LogP contribution is 2.45. The van der Waals surface area contributed by atoms with Crippen LogP contribution in [0.5, 0.6) is 0 Å². The molecule has 1 heterocycles. The van der Waals surface area contributed by atoms with Crippen LogP contribution in [0, 0.1) is 5.41 Å². The van der Waals surface area contributed by atoms with Crippen molar-refractivity contribution < 1.29 is 19.4 Å². The van der Waals surface area contributed by atoms with Crippen molar-refractivity contribution in [2.45, 2.75) is 51.4 Å². The van der Waals surface area contributed by atoms with E-state index < -0.39 is 5.60 Å². The third-order valence-corrected chi connectivity index (χ3v) is 4.09. The topological polar surface area (TPSA) is 85.0 Å². The zero-order valence-corrected chi connectivity index (χ0v) is 12.6. The lowest BCUT2D eigenvalue weighted by Gasteiger charge is -2.52. The van der Waals surface area contributed by atoms with Crippen molar-refractivity contribution in [2.75, 3.05) is 26.2 Å². The molecule has 2 fully saturated rings. The third kappa shape index (κ3) is 3.24. The van der Waals surface area contributed by atoms with E-state index in [1.165, 1.54) is 0 Å². The Morgan fingerprint density at radius 1 is 1.50 bits per heavy atom. The highest BCUT2D eigenvalue weighted by Gasteiger charge is 2.50. The van der Waals surface area contributed by atoms with Crippen LogP contribution in [0.2, 0.25) is 0 Å². The molecule has 6 heteroatoms. The first-order chi connectivity index (χ1) is 9.26. The van der Waals surface area contributed by atoms with Crippen LogP contribution in [0.15, 0.2) is 0 Å². The molecule has 20 heavy (non-hydrogen) atoms. The molecule has 0 aromatic rings. The summed E-state index contributed by atoms with van der Waals surface area (Å²) in [5.74, 6) is 0. The minimum atomic E-state index is -0.497. The monoisotopic (exact) mass is 286 g/mol. The van der Waals surface area contributed by atoms with Crippen molar-refractivity contribution in [3.63, 3.8) is 0 Å². The van der Waals surface area contributed by atoms with Crippen LogP contribution in [-0.2, 0) is 9.47 Å². The Morgan fingerprint density at radius 3 is 2.65 bits per heavy atom. The number of aliphatic hydroxyl groups excluding tert-OH is 1. The molecule has 0 aromatic carbocycles. The van der Waals surface area contributed by atoms with Gasteiger partial charge in [-0.3, -0.25) is 0 Å². The number of hydrogen-bond donors (Lipinski definition) is 2. The fraction of sp³-hybridized carbons (Fsp3) is 0.929. The maximum Gasteiger partial charge on any atom is 0.410 e. The molecule has 6 nitrogen and oxygen atoms in total. The van der Waals surface area contributed by atoms with Crippen molar-refractivity contribution in [1.29, 1.82) is 0 Å². The first-order valence-corrected chi connectivity index (χ1v) is 7.23. The summed E-state index contributed by atoms with van der Waals surface area (Å²) in [7, 11) is 0. The second kappa shape index (κ2) is 5.50. The molecular formula is C14H26N2O4. The number of nitrogens with zero attached hydrogens (tertiary/aromatic N) is 1. The highest BCUT2D eigenvalue weighted by atomic mass is 16.6. The van der Waals surface area contributed by atoms with Gasteiger partial charge in [-0.15, -0.1) is 0 Å². The summed E-state index contributed by atoms with van der Waals surface area (Å²) in [6, 6.07) is 0. The van der Waals surface area contributed by atoms with Gasteiger partial charge < -0.3 is 25.2 Å². The molecule has 0 radical (unpaired) electrons. The van der Waals surface area contributed by atoms with Crippen molar-refractivity contribution in [3.8, 4) is 0 Å². The van der Waals surface area contributed by atoms with Gasteiger partial charge in [-0.2, -0.15) is 0 Å². The molecule has 0 aromatic heterocycles. The number of carbonyl (C=O) groups excluding carboxylic acids is 1. The lowest BCUT2D eigenvalue weighted by molar-refractivity contribution is -0.154. The molecule has 1 saturated carbocycles. The molecular weight excluding hydrogens is 260 g/mol. The van der Waals surface area contributed by atoms with Gasteiger partial charge in [-0.1, -0.05) is 0 Å². The Hall–Kier alpha value is -0.850. The smallest absolute Gasteiger partial charge is 0.410 e. The molecule has 1 amide bonds. The summed E-state index contributed by atoms with van der Waals surface area (Å²) >= 11 is 0. The van der Waals surface area contributed by atoms with E-state index >= 15 is 0 Å². The molecule has 1 aliphatic heterocycles. The van der Waals surface area contributed by atoms with E-state index in [9.17, 15) is 9.90 Å². The van der Waals surface area contributed by atoms with Crippen molar-refractivity contribution in [3.05, 3.63) is 0 Å². The molecule has 1 aliphatic carbocycles. The molecule has 0 spiro atoms. The number of aliphatic hydroxyl groups is 1. The Labute approximate surface area is 120 Å². The fourth-order valence-electron chi connectivity index (χ4n) is 2.95. The first kappa shape index (κ1) is 15.5. The van der Waals surface area contributed by atoms with Crippen LogP contribution in [0.1, 0.15) is 33.6 Å². The Kier molecular flexibility index (Phi) is 4.27. The summed E-state index contributed by atoms with van der Waals surface area (Å²) in [4.78, 5) is 13.8. The maximum atomic E-state index is 12.1. The van der Waals surface area contributed by atoms with Crippen molar-refractivity contribution in [2.24, 2.45) is 11.1 Å². The van der Waals surface area contributed by atoms with Gasteiger partial charge in [0.2, 0.25) is 0 Å². The quantitative estimate of drug-likeness (QED) is 0.781. The Morgan fingerprint density at radius 2 is 2.15 bits per heavy atom. The van der Waals surface area contributed by atoms with Crippen LogP contribution < -0.4 is 5.73 Å². The lowest BCUT2D eigenvalue weighted by Crippen LogP contribution is -2.61. The van der Waals surface area contributed by atoms with E-state index in [2.05, 4.69) is 0 Å². The fourth-order valence-corrected chi connectivity index (χ4v) is 2.95. The number of amides is 1. The lowest BCUT2D eigenvalue weighted by atomic mass is 9.63. The molecule has 0 bridgehead atoms. The largest absolute Gasteiger partial charge is 0.444 e. The van der Waals surface area contributed by atoms with Gasteiger partial charge >= 0.3 is 6.09 Å². The molecule has 3 N–H and O–H groups in total. The van der Waals surface area contributed by atoms with E-state index in [0.29, 0.717) is 39.1 Å². The average molecular weight is 286 g/mol. The zero-order chi connectivity index (χ0) is 15.0. The molecule has 1 unspecified atom stereocenters. The predicted octanol–water partition coefficient (Wildman–Crippen LogP) is 0.722. The maximum absolute atomic E-state index is 12.1. The van der Waals surface area contributed by atoms with E-state index in [0.717, 1.165) is 0 Å². The van der Waals surface area contributed by atoms with Gasteiger partial charge in [0.25, 0.3) is 0 Å². The van der Waals surface area contributed by atoms with E-state index in [-0.39, 0.29) is 23.7 Å². The van der Waals surface area contributed by atoms with Gasteiger partial charge in [0, 0.05) is 18.5 Å². The van der Waals surface area contributed by atoms with Crippen molar-refractivity contribution >= 4 is 6.09 Å². The number of nitrogens with two attached hydrogens (primary N) is 1. The molecule has 2 rings (SSSR count). The van der Waals surface area contributed by atoms with Crippen LogP contribution in [0.25, 0.3) is 0 Å². The Balaban J connectivity index is 1.96. The molecule has 116 valence electrons. The third-order valence-electron chi connectivity index (χ3n) is 4.09. The standard InChI is InChI=1S/C14H26N2O4/c1-13(2,3)20-12(18)16-4-5-19-11(8-16)14(9-15)6-10(17)7-14/h10-11,17H,4-9,15H2,1-3H3. The van der Waals surface area contributed by atoms with Crippen LogP contribution in [0.3, 0.4) is 0 Å². The van der Waals surface area contributed by atoms with E-state index in [4.69, 9.17) is 15.2 Å². The van der Waals surface area contributed by atoms with Crippen LogP contribution >= 0.6 is 0 Å². The minimum absolute atomic E-state index is 0.114. The minimum Gasteiger partial charge on any atom is -0.444 e. The first-order valence-electron chi connectivity index (χ1n) is 7.23. The summed E-state index contributed by atoms with van der Waals surface area (Å²) in [6.45, 7) is 7.54. The number of morpholine rings is 1. The average Bonchev–Trinajstić information content (AvgIpc) is 2.33. The second-order valence-corrected chi connectivity index (χ2v) is 6.91. The van der Waals surface area contributed by atoms with Crippen LogP contribution in [-0.4, -0.2) is 60.1 Å². The van der Waals surface area contributed by atoms with E-state index in [1.54, 1.807) is 4.90 Å². The Bertz CT molecular complexity index is 361. The van der Waals surface area contributed by atoms with Gasteiger partial charge in [0.05, 0.1) is 25.4 Å². The van der Waals surface area contributed by atoms with Gasteiger partial charge in [-0.05, 0) is 33.6 Å².